The van der Waals surface area contributed by atoms with Crippen LogP contribution in [0.2, 0.25) is 0 Å². The van der Waals surface area contributed by atoms with Crippen LogP contribution < -0.4 is 10.6 Å². The fourth-order valence-corrected chi connectivity index (χ4v) is 5.02. The summed E-state index contributed by atoms with van der Waals surface area (Å²) in [4.78, 5) is 4.90. The highest BCUT2D eigenvalue weighted by molar-refractivity contribution is 5.80. The molecule has 1 atom stereocenters. The highest BCUT2D eigenvalue weighted by Crippen LogP contribution is 2.39. The molecule has 2 N–H and O–H groups in total. The first-order chi connectivity index (χ1) is 13.6. The average molecular weight is 389 g/mol. The third-order valence-corrected chi connectivity index (χ3v) is 6.86. The van der Waals surface area contributed by atoms with Gasteiger partial charge in [0.25, 0.3) is 0 Å². The van der Waals surface area contributed by atoms with Crippen LogP contribution in [0.1, 0.15) is 82.3 Å². The molecular weight excluding hydrogens is 352 g/mol. The molecule has 7 heteroatoms. The Morgan fingerprint density at radius 3 is 2.54 bits per heavy atom. The van der Waals surface area contributed by atoms with Crippen LogP contribution >= 0.6 is 0 Å². The van der Waals surface area contributed by atoms with Crippen molar-refractivity contribution >= 4 is 5.96 Å². The molecule has 1 saturated heterocycles. The fraction of sp³-hybridized carbons (Fsp3) is 0.857. The van der Waals surface area contributed by atoms with E-state index in [0.29, 0.717) is 18.6 Å². The highest BCUT2D eigenvalue weighted by atomic mass is 16.5. The molecule has 4 rings (SSSR count). The van der Waals surface area contributed by atoms with Crippen molar-refractivity contribution in [1.29, 1.82) is 0 Å². The molecule has 1 aliphatic heterocycles. The number of nitrogens with one attached hydrogen (secondary N) is 2. The average Bonchev–Trinajstić information content (AvgIpc) is 3.28. The van der Waals surface area contributed by atoms with E-state index in [4.69, 9.17) is 9.73 Å². The van der Waals surface area contributed by atoms with Gasteiger partial charge in [-0.05, 0) is 45.4 Å². The van der Waals surface area contributed by atoms with E-state index in [0.717, 1.165) is 37.1 Å². The molecule has 28 heavy (non-hydrogen) atoms. The SMILES string of the molecule is Cc1nnc(CN=C(NC2CCCCC2)NC2CCOC3(CCCC3)C2)n1C. The molecule has 3 fully saturated rings. The van der Waals surface area contributed by atoms with E-state index >= 15 is 0 Å². The van der Waals surface area contributed by atoms with Crippen LogP contribution in [-0.2, 0) is 18.3 Å². The Bertz CT molecular complexity index is 672. The minimum absolute atomic E-state index is 0.118. The highest BCUT2D eigenvalue weighted by Gasteiger charge is 2.40. The van der Waals surface area contributed by atoms with Crippen molar-refractivity contribution in [2.45, 2.75) is 102 Å². The van der Waals surface area contributed by atoms with Gasteiger partial charge < -0.3 is 19.9 Å². The van der Waals surface area contributed by atoms with Gasteiger partial charge in [-0.1, -0.05) is 32.1 Å². The molecule has 2 saturated carbocycles. The number of hydrogen-bond acceptors (Lipinski definition) is 4. The molecule has 0 radical (unpaired) electrons. The molecule has 2 heterocycles. The van der Waals surface area contributed by atoms with Gasteiger partial charge in [0.05, 0.1) is 5.60 Å². The van der Waals surface area contributed by atoms with E-state index in [9.17, 15) is 0 Å². The van der Waals surface area contributed by atoms with Crippen LogP contribution in [0, 0.1) is 6.92 Å². The van der Waals surface area contributed by atoms with Crippen molar-refractivity contribution in [3.05, 3.63) is 11.6 Å². The lowest BCUT2D eigenvalue weighted by Crippen LogP contribution is -2.52. The number of ether oxygens (including phenoxy) is 1. The zero-order valence-corrected chi connectivity index (χ0v) is 17.5. The van der Waals surface area contributed by atoms with Gasteiger partial charge >= 0.3 is 0 Å². The van der Waals surface area contributed by atoms with Gasteiger partial charge in [-0.2, -0.15) is 0 Å². The van der Waals surface area contributed by atoms with E-state index < -0.39 is 0 Å². The Morgan fingerprint density at radius 2 is 1.82 bits per heavy atom. The van der Waals surface area contributed by atoms with Crippen molar-refractivity contribution in [3.8, 4) is 0 Å². The van der Waals surface area contributed by atoms with Crippen molar-refractivity contribution in [3.63, 3.8) is 0 Å². The molecule has 7 nitrogen and oxygen atoms in total. The Labute approximate surface area is 168 Å². The minimum atomic E-state index is 0.118. The zero-order chi connectivity index (χ0) is 19.4. The van der Waals surface area contributed by atoms with Gasteiger partial charge in [-0.25, -0.2) is 4.99 Å². The smallest absolute Gasteiger partial charge is 0.192 e. The first kappa shape index (κ1) is 19.7. The first-order valence-electron chi connectivity index (χ1n) is 11.2. The summed E-state index contributed by atoms with van der Waals surface area (Å²) in [7, 11) is 2.00. The van der Waals surface area contributed by atoms with Crippen LogP contribution in [0.4, 0.5) is 0 Å². The lowest BCUT2D eigenvalue weighted by Gasteiger charge is -2.39. The van der Waals surface area contributed by atoms with Gasteiger partial charge in [-0.3, -0.25) is 0 Å². The largest absolute Gasteiger partial charge is 0.375 e. The number of rotatable bonds is 4. The van der Waals surface area contributed by atoms with Crippen LogP contribution in [-0.4, -0.2) is 45.0 Å². The second-order valence-electron chi connectivity index (χ2n) is 8.94. The molecule has 1 aromatic heterocycles. The third kappa shape index (κ3) is 4.67. The molecular formula is C21H36N6O. The normalized spacial score (nSPS) is 25.9. The Kier molecular flexibility index (Phi) is 6.19. The monoisotopic (exact) mass is 388 g/mol. The molecule has 1 aromatic rings. The van der Waals surface area contributed by atoms with Crippen LogP contribution in [0.3, 0.4) is 0 Å². The number of aromatic nitrogens is 3. The Balaban J connectivity index is 1.43. The van der Waals surface area contributed by atoms with E-state index in [1.54, 1.807) is 0 Å². The third-order valence-electron chi connectivity index (χ3n) is 6.86. The molecule has 3 aliphatic rings. The van der Waals surface area contributed by atoms with Crippen molar-refractivity contribution in [2.24, 2.45) is 12.0 Å². The molecule has 1 spiro atoms. The minimum Gasteiger partial charge on any atom is -0.375 e. The predicted molar refractivity (Wildman–Crippen MR) is 110 cm³/mol. The molecule has 0 aromatic carbocycles. The fourth-order valence-electron chi connectivity index (χ4n) is 5.02. The molecule has 2 aliphatic carbocycles. The maximum absolute atomic E-state index is 6.21. The summed E-state index contributed by atoms with van der Waals surface area (Å²) in [6, 6.07) is 0.962. The van der Waals surface area contributed by atoms with Crippen molar-refractivity contribution in [2.75, 3.05) is 6.61 Å². The first-order valence-corrected chi connectivity index (χ1v) is 11.2. The summed E-state index contributed by atoms with van der Waals surface area (Å²) in [5.74, 6) is 2.77. The van der Waals surface area contributed by atoms with Gasteiger partial charge in [0.15, 0.2) is 11.8 Å². The number of aliphatic imine (C=N–C) groups is 1. The van der Waals surface area contributed by atoms with E-state index in [1.165, 1.54) is 57.8 Å². The Morgan fingerprint density at radius 1 is 1.07 bits per heavy atom. The summed E-state index contributed by atoms with van der Waals surface area (Å²) < 4.78 is 8.23. The van der Waals surface area contributed by atoms with Crippen molar-refractivity contribution in [1.82, 2.24) is 25.4 Å². The van der Waals surface area contributed by atoms with Crippen LogP contribution in [0.5, 0.6) is 0 Å². The summed E-state index contributed by atoms with van der Waals surface area (Å²) in [6.45, 7) is 3.38. The summed E-state index contributed by atoms with van der Waals surface area (Å²) in [6.07, 6.45) is 13.7. The van der Waals surface area contributed by atoms with Gasteiger partial charge in [-0.15, -0.1) is 10.2 Å². The summed E-state index contributed by atoms with van der Waals surface area (Å²) >= 11 is 0. The van der Waals surface area contributed by atoms with Gasteiger partial charge in [0.1, 0.15) is 12.4 Å². The molecule has 1 unspecified atom stereocenters. The summed E-state index contributed by atoms with van der Waals surface area (Å²) in [5, 5.41) is 15.9. The summed E-state index contributed by atoms with van der Waals surface area (Å²) in [5.41, 5.74) is 0.118. The second-order valence-corrected chi connectivity index (χ2v) is 8.94. The molecule has 0 amide bonds. The second kappa shape index (κ2) is 8.80. The van der Waals surface area contributed by atoms with E-state index in [2.05, 4.69) is 20.8 Å². The quantitative estimate of drug-likeness (QED) is 0.613. The van der Waals surface area contributed by atoms with Crippen molar-refractivity contribution < 1.29 is 4.74 Å². The molecule has 156 valence electrons. The number of nitrogens with zero attached hydrogens (tertiary/aromatic N) is 4. The number of guanidine groups is 1. The predicted octanol–water partition coefficient (Wildman–Crippen LogP) is 2.98. The van der Waals surface area contributed by atoms with Crippen LogP contribution in [0.15, 0.2) is 4.99 Å². The molecule has 0 bridgehead atoms. The van der Waals surface area contributed by atoms with E-state index in [1.807, 2.05) is 18.5 Å². The number of aryl methyl sites for hydroxylation is 1. The number of hydrogen-bond donors (Lipinski definition) is 2. The van der Waals surface area contributed by atoms with Crippen LogP contribution in [0.25, 0.3) is 0 Å². The van der Waals surface area contributed by atoms with Gasteiger partial charge in [0.2, 0.25) is 0 Å². The maximum Gasteiger partial charge on any atom is 0.192 e. The van der Waals surface area contributed by atoms with E-state index in [-0.39, 0.29) is 5.60 Å². The zero-order valence-electron chi connectivity index (χ0n) is 17.5. The van der Waals surface area contributed by atoms with Gasteiger partial charge in [0, 0.05) is 25.7 Å². The lowest BCUT2D eigenvalue weighted by molar-refractivity contribution is -0.0815. The Hall–Kier alpha value is -1.63. The standard InChI is InChI=1S/C21H36N6O/c1-16-25-26-19(27(16)2)15-22-20(23-17-8-4-3-5-9-17)24-18-10-13-28-21(14-18)11-6-7-12-21/h17-18H,3-15H2,1-2H3,(H2,22,23,24). The topological polar surface area (TPSA) is 76.4 Å². The maximum atomic E-state index is 6.21. The lowest BCUT2D eigenvalue weighted by atomic mass is 9.89.